The molecule has 0 saturated carbocycles. The van der Waals surface area contributed by atoms with Crippen LogP contribution in [0.1, 0.15) is 43.2 Å². The average Bonchev–Trinajstić information content (AvgIpc) is 3.05. The van der Waals surface area contributed by atoms with Gasteiger partial charge in [-0.2, -0.15) is 5.26 Å². The molecule has 7 heteroatoms. The standard InChI is InChI=1S/C15H18N6O/c1-11(22)14-10-21(19-18-14)13-4-7-20(8-5-13)15-12(9-16)3-2-6-17-15/h2-3,6,10-11,13,22H,4-5,7-8H2,1H3/t11-/m1/s1. The monoisotopic (exact) mass is 298 g/mol. The van der Waals surface area contributed by atoms with Gasteiger partial charge in [-0.1, -0.05) is 5.21 Å². The lowest BCUT2D eigenvalue weighted by molar-refractivity contribution is 0.194. The number of rotatable bonds is 3. The number of aromatic nitrogens is 4. The molecule has 1 saturated heterocycles. The zero-order valence-corrected chi connectivity index (χ0v) is 12.4. The van der Waals surface area contributed by atoms with Gasteiger partial charge < -0.3 is 10.0 Å². The summed E-state index contributed by atoms with van der Waals surface area (Å²) in [6.45, 7) is 3.32. The molecule has 1 atom stereocenters. The third kappa shape index (κ3) is 2.78. The number of nitrogens with zero attached hydrogens (tertiary/aromatic N) is 6. The van der Waals surface area contributed by atoms with E-state index in [0.717, 1.165) is 31.7 Å². The van der Waals surface area contributed by atoms with Crippen molar-refractivity contribution in [1.29, 1.82) is 5.26 Å². The Bertz CT molecular complexity index is 681. The molecule has 0 unspecified atom stereocenters. The fourth-order valence-electron chi connectivity index (χ4n) is 2.74. The van der Waals surface area contributed by atoms with Gasteiger partial charge in [0.15, 0.2) is 0 Å². The molecule has 3 rings (SSSR count). The molecule has 0 bridgehead atoms. The molecule has 114 valence electrons. The maximum absolute atomic E-state index is 9.52. The van der Waals surface area contributed by atoms with Crippen molar-refractivity contribution in [3.8, 4) is 6.07 Å². The van der Waals surface area contributed by atoms with Gasteiger partial charge in [0.05, 0.1) is 23.9 Å². The quantitative estimate of drug-likeness (QED) is 0.922. The molecule has 1 N–H and O–H groups in total. The molecule has 2 aromatic heterocycles. The van der Waals surface area contributed by atoms with Crippen molar-refractivity contribution in [2.75, 3.05) is 18.0 Å². The fourth-order valence-corrected chi connectivity index (χ4v) is 2.74. The Kier molecular flexibility index (Phi) is 4.02. The number of anilines is 1. The van der Waals surface area contributed by atoms with E-state index < -0.39 is 6.10 Å². The molecule has 1 aliphatic heterocycles. The summed E-state index contributed by atoms with van der Waals surface area (Å²) in [5.74, 6) is 0.756. The van der Waals surface area contributed by atoms with E-state index in [9.17, 15) is 10.4 Å². The summed E-state index contributed by atoms with van der Waals surface area (Å²) in [5.41, 5.74) is 1.21. The van der Waals surface area contributed by atoms with Crippen LogP contribution < -0.4 is 4.90 Å². The van der Waals surface area contributed by atoms with Crippen molar-refractivity contribution in [2.45, 2.75) is 31.9 Å². The summed E-state index contributed by atoms with van der Waals surface area (Å²) in [6.07, 6.45) is 4.75. The van der Waals surface area contributed by atoms with Gasteiger partial charge in [-0.25, -0.2) is 9.67 Å². The van der Waals surface area contributed by atoms with Crippen LogP contribution >= 0.6 is 0 Å². The van der Waals surface area contributed by atoms with E-state index in [2.05, 4.69) is 26.3 Å². The van der Waals surface area contributed by atoms with Gasteiger partial charge in [0.1, 0.15) is 17.6 Å². The van der Waals surface area contributed by atoms with Crippen LogP contribution in [0.15, 0.2) is 24.5 Å². The van der Waals surface area contributed by atoms with Crippen LogP contribution in [0.25, 0.3) is 0 Å². The molecular weight excluding hydrogens is 280 g/mol. The van der Waals surface area contributed by atoms with Crippen molar-refractivity contribution >= 4 is 5.82 Å². The van der Waals surface area contributed by atoms with Crippen LogP contribution in [0.4, 0.5) is 5.82 Å². The molecule has 1 fully saturated rings. The van der Waals surface area contributed by atoms with Crippen molar-refractivity contribution in [2.24, 2.45) is 0 Å². The summed E-state index contributed by atoms with van der Waals surface area (Å²) in [6, 6.07) is 6.03. The molecule has 7 nitrogen and oxygen atoms in total. The van der Waals surface area contributed by atoms with Gasteiger partial charge in [-0.05, 0) is 31.9 Å². The Morgan fingerprint density at radius 3 is 2.82 bits per heavy atom. The third-order valence-electron chi connectivity index (χ3n) is 4.00. The second-order valence-corrected chi connectivity index (χ2v) is 5.50. The Morgan fingerprint density at radius 1 is 1.41 bits per heavy atom. The summed E-state index contributed by atoms with van der Waals surface area (Å²) >= 11 is 0. The van der Waals surface area contributed by atoms with Crippen molar-refractivity contribution < 1.29 is 5.11 Å². The molecule has 1 aliphatic rings. The van der Waals surface area contributed by atoms with Crippen molar-refractivity contribution in [1.82, 2.24) is 20.0 Å². The van der Waals surface area contributed by atoms with E-state index in [-0.39, 0.29) is 6.04 Å². The SMILES string of the molecule is C[C@@H](O)c1cn(C2CCN(c3ncccc3C#N)CC2)nn1. The highest BCUT2D eigenvalue weighted by Gasteiger charge is 2.24. The van der Waals surface area contributed by atoms with Crippen molar-refractivity contribution in [3.05, 3.63) is 35.8 Å². The predicted octanol–water partition coefficient (Wildman–Crippen LogP) is 1.44. The molecule has 0 amide bonds. The van der Waals surface area contributed by atoms with E-state index in [1.165, 1.54) is 0 Å². The molecule has 0 spiro atoms. The van der Waals surface area contributed by atoms with E-state index in [1.807, 2.05) is 10.9 Å². The normalized spacial score (nSPS) is 17.2. The first-order valence-electron chi connectivity index (χ1n) is 7.39. The number of hydrogen-bond donors (Lipinski definition) is 1. The maximum Gasteiger partial charge on any atom is 0.146 e. The fraction of sp³-hybridized carbons (Fsp3) is 0.467. The average molecular weight is 298 g/mol. The van der Waals surface area contributed by atoms with Crippen LogP contribution in [0.3, 0.4) is 0 Å². The van der Waals surface area contributed by atoms with Gasteiger partial charge in [-0.3, -0.25) is 0 Å². The second-order valence-electron chi connectivity index (χ2n) is 5.50. The highest BCUT2D eigenvalue weighted by Crippen LogP contribution is 2.27. The van der Waals surface area contributed by atoms with E-state index in [4.69, 9.17) is 0 Å². The number of aliphatic hydroxyl groups is 1. The highest BCUT2D eigenvalue weighted by atomic mass is 16.3. The van der Waals surface area contributed by atoms with Gasteiger partial charge in [0.25, 0.3) is 0 Å². The first-order valence-corrected chi connectivity index (χ1v) is 7.39. The summed E-state index contributed by atoms with van der Waals surface area (Å²) < 4.78 is 1.84. The second kappa shape index (κ2) is 6.12. The molecule has 22 heavy (non-hydrogen) atoms. The first kappa shape index (κ1) is 14.5. The molecule has 2 aromatic rings. The lowest BCUT2D eigenvalue weighted by Crippen LogP contribution is -2.35. The van der Waals surface area contributed by atoms with Gasteiger partial charge in [0, 0.05) is 19.3 Å². The minimum atomic E-state index is -0.597. The number of piperidine rings is 1. The lowest BCUT2D eigenvalue weighted by Gasteiger charge is -2.32. The van der Waals surface area contributed by atoms with Gasteiger partial charge >= 0.3 is 0 Å². The summed E-state index contributed by atoms with van der Waals surface area (Å²) in [5, 5.41) is 26.8. The van der Waals surface area contributed by atoms with Crippen LogP contribution in [0, 0.1) is 11.3 Å². The number of aliphatic hydroxyl groups excluding tert-OH is 1. The molecular formula is C15H18N6O. The molecule has 0 aliphatic carbocycles. The van der Waals surface area contributed by atoms with Gasteiger partial charge in [0.2, 0.25) is 0 Å². The number of hydrogen-bond acceptors (Lipinski definition) is 6. The number of pyridine rings is 1. The Hall–Kier alpha value is -2.46. The van der Waals surface area contributed by atoms with E-state index in [1.54, 1.807) is 25.3 Å². The maximum atomic E-state index is 9.52. The Labute approximate surface area is 128 Å². The number of nitriles is 1. The van der Waals surface area contributed by atoms with Crippen molar-refractivity contribution in [3.63, 3.8) is 0 Å². The summed E-state index contributed by atoms with van der Waals surface area (Å²) in [4.78, 5) is 6.47. The molecule has 0 radical (unpaired) electrons. The minimum Gasteiger partial charge on any atom is -0.387 e. The first-order chi connectivity index (χ1) is 10.7. The third-order valence-corrected chi connectivity index (χ3v) is 4.00. The van der Waals surface area contributed by atoms with Gasteiger partial charge in [-0.15, -0.1) is 5.10 Å². The van der Waals surface area contributed by atoms with E-state index >= 15 is 0 Å². The molecule has 3 heterocycles. The van der Waals surface area contributed by atoms with Crippen LogP contribution in [0.2, 0.25) is 0 Å². The smallest absolute Gasteiger partial charge is 0.146 e. The zero-order chi connectivity index (χ0) is 15.5. The topological polar surface area (TPSA) is 90.9 Å². The predicted molar refractivity (Wildman–Crippen MR) is 80.1 cm³/mol. The largest absolute Gasteiger partial charge is 0.387 e. The lowest BCUT2D eigenvalue weighted by atomic mass is 10.0. The molecule has 0 aromatic carbocycles. The summed E-state index contributed by atoms with van der Waals surface area (Å²) in [7, 11) is 0. The van der Waals surface area contributed by atoms with Crippen LogP contribution in [0.5, 0.6) is 0 Å². The van der Waals surface area contributed by atoms with E-state index in [0.29, 0.717) is 11.3 Å². The Morgan fingerprint density at radius 2 is 2.18 bits per heavy atom. The zero-order valence-electron chi connectivity index (χ0n) is 12.4. The van der Waals surface area contributed by atoms with Crippen LogP contribution in [-0.2, 0) is 0 Å². The Balaban J connectivity index is 1.68. The van der Waals surface area contributed by atoms with Crippen LogP contribution in [-0.4, -0.2) is 38.2 Å². The minimum absolute atomic E-state index is 0.269. The highest BCUT2D eigenvalue weighted by molar-refractivity contribution is 5.53.